The summed E-state index contributed by atoms with van der Waals surface area (Å²) in [7, 11) is 0. The minimum absolute atomic E-state index is 0. The molecule has 0 aliphatic carbocycles. The molecule has 1 nitrogen and oxygen atoms in total. The average Bonchev–Trinajstić information content (AvgIpc) is 2.59. The Morgan fingerprint density at radius 2 is 1.21 bits per heavy atom. The Bertz CT molecular complexity index is 972. The minimum Gasteiger partial charge on any atom is -0.255 e. The van der Waals surface area contributed by atoms with Gasteiger partial charge >= 0.3 is 6.04 Å². The van der Waals surface area contributed by atoms with Crippen molar-refractivity contribution < 1.29 is 63.8 Å². The van der Waals surface area contributed by atoms with Crippen LogP contribution in [0.2, 0.25) is 0 Å². The van der Waals surface area contributed by atoms with Crippen molar-refractivity contribution in [1.82, 2.24) is 0 Å². The van der Waals surface area contributed by atoms with Gasteiger partial charge in [0, 0.05) is 50.4 Å². The van der Waals surface area contributed by atoms with Gasteiger partial charge < -0.3 is 0 Å². The number of hydrogen-bond acceptors (Lipinski definition) is 1. The summed E-state index contributed by atoms with van der Waals surface area (Å²) in [5, 5.41) is 0. The fourth-order valence-electron chi connectivity index (χ4n) is 2.24. The summed E-state index contributed by atoms with van der Waals surface area (Å²) in [4.78, 5) is 10.4. The molecule has 8 heteroatoms. The maximum Gasteiger partial charge on any atom is 0.338 e. The van der Waals surface area contributed by atoms with Crippen molar-refractivity contribution in [1.29, 1.82) is 0 Å². The molecule has 0 heterocycles. The molecule has 0 bridgehead atoms. The smallest absolute Gasteiger partial charge is 0.255 e. The minimum atomic E-state index is -2.12. The SMILES string of the molecule is Cc1c(F)cc(F)cc1F.[CH2-]c1ccc(-c2cc(F)c(C(=O)F)c(F)c2)cc1.[Y]. The van der Waals surface area contributed by atoms with Gasteiger partial charge in [0.2, 0.25) is 0 Å². The van der Waals surface area contributed by atoms with Crippen molar-refractivity contribution in [2.75, 3.05) is 0 Å². The van der Waals surface area contributed by atoms with Crippen LogP contribution in [0, 0.1) is 42.9 Å². The van der Waals surface area contributed by atoms with E-state index in [1.54, 1.807) is 24.3 Å². The molecule has 3 aromatic carbocycles. The summed E-state index contributed by atoms with van der Waals surface area (Å²) in [5.74, 6) is -5.01. The molecule has 0 aliphatic rings. The maximum absolute atomic E-state index is 13.4. The number of halogens is 6. The van der Waals surface area contributed by atoms with Crippen LogP contribution in [0.15, 0.2) is 48.5 Å². The summed E-state index contributed by atoms with van der Waals surface area (Å²) in [6.45, 7) is 4.94. The molecule has 0 saturated carbocycles. The van der Waals surface area contributed by atoms with Gasteiger partial charge in [-0.2, -0.15) is 29.0 Å². The Balaban J connectivity index is 0.000000327. The van der Waals surface area contributed by atoms with Gasteiger partial charge in [0.05, 0.1) is 0 Å². The van der Waals surface area contributed by atoms with Gasteiger partial charge in [-0.05, 0) is 30.2 Å². The number of hydrogen-bond donors (Lipinski definition) is 0. The molecule has 149 valence electrons. The van der Waals surface area contributed by atoms with E-state index in [1.807, 2.05) is 0 Å². The van der Waals surface area contributed by atoms with E-state index in [-0.39, 0.29) is 43.8 Å². The Hall–Kier alpha value is -2.12. The molecule has 0 unspecified atom stereocenters. The third kappa shape index (κ3) is 6.44. The van der Waals surface area contributed by atoms with Crippen molar-refractivity contribution in [3.05, 3.63) is 101 Å². The summed E-state index contributed by atoms with van der Waals surface area (Å²) >= 11 is 0. The van der Waals surface area contributed by atoms with Crippen molar-refractivity contribution in [2.45, 2.75) is 6.92 Å². The predicted molar refractivity (Wildman–Crippen MR) is 92.7 cm³/mol. The van der Waals surface area contributed by atoms with E-state index in [1.165, 1.54) is 6.92 Å². The van der Waals surface area contributed by atoms with Crippen LogP contribution in [0.4, 0.5) is 26.3 Å². The van der Waals surface area contributed by atoms with Crippen LogP contribution in [-0.4, -0.2) is 6.04 Å². The molecule has 0 N–H and O–H groups in total. The van der Waals surface area contributed by atoms with E-state index in [9.17, 15) is 31.1 Å². The van der Waals surface area contributed by atoms with Crippen LogP contribution >= 0.6 is 0 Å². The van der Waals surface area contributed by atoms with Crippen molar-refractivity contribution in [3.8, 4) is 11.1 Å². The van der Waals surface area contributed by atoms with Crippen LogP contribution in [-0.2, 0) is 32.7 Å². The Morgan fingerprint density at radius 1 is 0.759 bits per heavy atom. The summed E-state index contributed by atoms with van der Waals surface area (Å²) in [6.07, 6.45) is 0. The standard InChI is InChI=1S/C14H8F3O.C7H5F3.Y/c1-8-2-4-9(5-3-8)10-6-11(15)13(14(17)18)12(16)7-10;1-4-6(9)2-5(8)3-7(4)10;/h2-7H,1H2;2-3H,1H3;/q-1;;. The molecule has 0 aliphatic heterocycles. The van der Waals surface area contributed by atoms with Gasteiger partial charge in [0.1, 0.15) is 34.6 Å². The number of carbonyl (C=O) groups is 1. The van der Waals surface area contributed by atoms with E-state index in [4.69, 9.17) is 0 Å². The number of carbonyl (C=O) groups excluding carboxylic acids is 1. The van der Waals surface area contributed by atoms with Gasteiger partial charge in [-0.25, -0.2) is 22.0 Å². The molecule has 0 spiro atoms. The van der Waals surface area contributed by atoms with E-state index in [0.29, 0.717) is 17.7 Å². The maximum atomic E-state index is 13.4. The topological polar surface area (TPSA) is 17.1 Å². The fourth-order valence-corrected chi connectivity index (χ4v) is 2.24. The molecule has 29 heavy (non-hydrogen) atoms. The van der Waals surface area contributed by atoms with Crippen LogP contribution in [0.3, 0.4) is 0 Å². The van der Waals surface area contributed by atoms with Crippen LogP contribution in [0.1, 0.15) is 21.5 Å². The Morgan fingerprint density at radius 3 is 1.62 bits per heavy atom. The quantitative estimate of drug-likeness (QED) is 0.236. The van der Waals surface area contributed by atoms with Crippen LogP contribution < -0.4 is 0 Å². The first kappa shape index (κ1) is 24.9. The molecule has 0 atom stereocenters. The Labute approximate surface area is 188 Å². The summed E-state index contributed by atoms with van der Waals surface area (Å²) < 4.78 is 76.1. The van der Waals surface area contributed by atoms with Gasteiger partial charge in [0.25, 0.3) is 0 Å². The second-order valence-corrected chi connectivity index (χ2v) is 5.78. The molecular formula is C21H13F6OY-. The summed E-state index contributed by atoms with van der Waals surface area (Å²) in [5.41, 5.74) is 0.234. The van der Waals surface area contributed by atoms with E-state index in [2.05, 4.69) is 6.92 Å². The molecule has 1 radical (unpaired) electrons. The first-order chi connectivity index (χ1) is 13.1. The second kappa shape index (κ2) is 10.6. The molecule has 0 aromatic heterocycles. The Kier molecular flexibility index (Phi) is 9.11. The molecule has 0 amide bonds. The molecule has 0 fully saturated rings. The van der Waals surface area contributed by atoms with E-state index >= 15 is 0 Å². The van der Waals surface area contributed by atoms with Gasteiger partial charge in [-0.15, -0.1) is 12.1 Å². The van der Waals surface area contributed by atoms with Crippen LogP contribution in [0.5, 0.6) is 0 Å². The first-order valence-corrected chi connectivity index (χ1v) is 7.82. The molecule has 3 rings (SSSR count). The second-order valence-electron chi connectivity index (χ2n) is 5.78. The average molecular weight is 484 g/mol. The summed E-state index contributed by atoms with van der Waals surface area (Å²) in [6, 6.07) is 7.66. The number of benzene rings is 3. The number of rotatable bonds is 2. The molecule has 0 saturated heterocycles. The monoisotopic (exact) mass is 484 g/mol. The van der Waals surface area contributed by atoms with Crippen molar-refractivity contribution in [3.63, 3.8) is 0 Å². The van der Waals surface area contributed by atoms with Gasteiger partial charge in [0.15, 0.2) is 0 Å². The third-order valence-electron chi connectivity index (χ3n) is 3.77. The van der Waals surface area contributed by atoms with Gasteiger partial charge in [-0.3, -0.25) is 4.79 Å². The fraction of sp³-hybridized carbons (Fsp3) is 0.0476. The normalized spacial score (nSPS) is 9.90. The van der Waals surface area contributed by atoms with Crippen molar-refractivity contribution >= 4 is 6.04 Å². The first-order valence-electron chi connectivity index (χ1n) is 7.82. The largest absolute Gasteiger partial charge is 0.338 e. The van der Waals surface area contributed by atoms with Gasteiger partial charge in [-0.1, -0.05) is 0 Å². The molecular weight excluding hydrogens is 471 g/mol. The zero-order chi connectivity index (χ0) is 21.0. The van der Waals surface area contributed by atoms with E-state index in [0.717, 1.165) is 17.7 Å². The zero-order valence-electron chi connectivity index (χ0n) is 15.1. The third-order valence-corrected chi connectivity index (χ3v) is 3.77. The van der Waals surface area contributed by atoms with Crippen LogP contribution in [0.25, 0.3) is 11.1 Å². The van der Waals surface area contributed by atoms with Crippen molar-refractivity contribution in [2.24, 2.45) is 0 Å². The predicted octanol–water partition coefficient (Wildman–Crippen LogP) is 6.33. The molecule has 3 aromatic rings. The zero-order valence-corrected chi connectivity index (χ0v) is 17.9. The van der Waals surface area contributed by atoms with E-state index < -0.39 is 40.7 Å².